The summed E-state index contributed by atoms with van der Waals surface area (Å²) in [5.74, 6) is 0.240. The van der Waals surface area contributed by atoms with Gasteiger partial charge in [-0.15, -0.1) is 0 Å². The number of rotatable bonds is 17. The summed E-state index contributed by atoms with van der Waals surface area (Å²) in [6.45, 7) is 5.36. The van der Waals surface area contributed by atoms with Crippen LogP contribution in [-0.2, 0) is 32.6 Å². The van der Waals surface area contributed by atoms with Crippen molar-refractivity contribution in [2.75, 3.05) is 30.3 Å². The van der Waals surface area contributed by atoms with E-state index in [0.29, 0.717) is 31.0 Å². The van der Waals surface area contributed by atoms with Gasteiger partial charge < -0.3 is 15.0 Å². The summed E-state index contributed by atoms with van der Waals surface area (Å²) < 4.78 is 33.1. The minimum atomic E-state index is -3.60. The number of nitrogens with zero attached hydrogens (tertiary/aromatic N) is 2. The second-order valence-electron chi connectivity index (χ2n) is 10.4. The van der Waals surface area contributed by atoms with E-state index in [1.54, 1.807) is 29.2 Å². The fourth-order valence-electron chi connectivity index (χ4n) is 4.73. The molecule has 0 saturated heterocycles. The van der Waals surface area contributed by atoms with E-state index >= 15 is 0 Å². The normalized spacial score (nSPS) is 11.9. The number of carbonyl (C=O) groups excluding carboxylic acids is 2. The van der Waals surface area contributed by atoms with Crippen molar-refractivity contribution >= 4 is 43.5 Å². The lowest BCUT2D eigenvalue weighted by atomic mass is 10.0. The van der Waals surface area contributed by atoms with Crippen LogP contribution in [0.15, 0.2) is 83.3 Å². The highest BCUT2D eigenvalue weighted by atomic mass is 79.9. The van der Waals surface area contributed by atoms with Crippen LogP contribution in [0.5, 0.6) is 5.75 Å². The molecule has 8 nitrogen and oxygen atoms in total. The zero-order chi connectivity index (χ0) is 31.2. The lowest BCUT2D eigenvalue weighted by molar-refractivity contribution is -0.141. The molecular weight excluding hydrogens is 630 g/mol. The Morgan fingerprint density at radius 1 is 0.907 bits per heavy atom. The van der Waals surface area contributed by atoms with Gasteiger partial charge in [-0.2, -0.15) is 0 Å². The molecule has 3 aromatic rings. The van der Waals surface area contributed by atoms with E-state index < -0.39 is 16.1 Å². The van der Waals surface area contributed by atoms with E-state index in [9.17, 15) is 18.0 Å². The molecule has 0 saturated carbocycles. The molecule has 0 radical (unpaired) electrons. The third-order valence-corrected chi connectivity index (χ3v) is 8.68. The van der Waals surface area contributed by atoms with Gasteiger partial charge in [0.25, 0.3) is 0 Å². The molecule has 0 bridgehead atoms. The van der Waals surface area contributed by atoms with Crippen molar-refractivity contribution in [1.82, 2.24) is 10.2 Å². The van der Waals surface area contributed by atoms with E-state index in [0.717, 1.165) is 34.7 Å². The summed E-state index contributed by atoms with van der Waals surface area (Å²) in [5.41, 5.74) is 2.34. The SMILES string of the molecule is CCCCNC(=O)[C@@H](Cc1ccccc1)N(Cc1ccc(Br)cc1)C(=O)CCCN(c1ccc(OCC)cc1)S(C)(=O)=O. The molecule has 3 rings (SSSR count). The number of halogens is 1. The first kappa shape index (κ1) is 34.1. The summed E-state index contributed by atoms with van der Waals surface area (Å²) in [6.07, 6.45) is 3.66. The smallest absolute Gasteiger partial charge is 0.243 e. The minimum absolute atomic E-state index is 0.0765. The first-order valence-corrected chi connectivity index (χ1v) is 17.3. The van der Waals surface area contributed by atoms with Crippen LogP contribution in [0.4, 0.5) is 5.69 Å². The van der Waals surface area contributed by atoms with E-state index in [-0.39, 0.29) is 37.7 Å². The highest BCUT2D eigenvalue weighted by molar-refractivity contribution is 9.10. The lowest BCUT2D eigenvalue weighted by Crippen LogP contribution is -2.50. The molecule has 10 heteroatoms. The number of carbonyl (C=O) groups is 2. The van der Waals surface area contributed by atoms with Crippen LogP contribution in [0.2, 0.25) is 0 Å². The van der Waals surface area contributed by atoms with Gasteiger partial charge in [0.15, 0.2) is 0 Å². The molecule has 43 heavy (non-hydrogen) atoms. The predicted octanol–water partition coefficient (Wildman–Crippen LogP) is 5.95. The topological polar surface area (TPSA) is 96.0 Å². The molecule has 0 aliphatic rings. The number of ether oxygens (including phenoxy) is 1. The number of sulfonamides is 1. The molecule has 3 aromatic carbocycles. The van der Waals surface area contributed by atoms with E-state index in [1.807, 2.05) is 61.5 Å². The van der Waals surface area contributed by atoms with E-state index in [1.165, 1.54) is 4.31 Å². The number of amides is 2. The molecule has 0 aromatic heterocycles. The predicted molar refractivity (Wildman–Crippen MR) is 176 cm³/mol. The van der Waals surface area contributed by atoms with Crippen LogP contribution in [0, 0.1) is 0 Å². The van der Waals surface area contributed by atoms with Gasteiger partial charge in [0.1, 0.15) is 11.8 Å². The Kier molecular flexibility index (Phi) is 13.5. The third-order valence-electron chi connectivity index (χ3n) is 6.95. The summed E-state index contributed by atoms with van der Waals surface area (Å²) in [7, 11) is -3.60. The van der Waals surface area contributed by atoms with E-state index in [2.05, 4.69) is 28.2 Å². The Morgan fingerprint density at radius 3 is 2.19 bits per heavy atom. The number of benzene rings is 3. The van der Waals surface area contributed by atoms with Crippen LogP contribution >= 0.6 is 15.9 Å². The van der Waals surface area contributed by atoms with Crippen molar-refractivity contribution < 1.29 is 22.7 Å². The molecule has 1 atom stereocenters. The van der Waals surface area contributed by atoms with Crippen molar-refractivity contribution in [2.24, 2.45) is 0 Å². The number of unbranched alkanes of at least 4 members (excludes halogenated alkanes) is 1. The molecule has 0 spiro atoms. The van der Waals surface area contributed by atoms with Gasteiger partial charge in [-0.1, -0.05) is 71.7 Å². The Morgan fingerprint density at radius 2 is 1.58 bits per heavy atom. The molecule has 1 N–H and O–H groups in total. The fraction of sp³-hybridized carbons (Fsp3) is 0.394. The highest BCUT2D eigenvalue weighted by Gasteiger charge is 2.30. The zero-order valence-corrected chi connectivity index (χ0v) is 27.6. The molecular formula is C33H42BrN3O5S. The second kappa shape index (κ2) is 17.1. The van der Waals surface area contributed by atoms with Crippen molar-refractivity contribution in [1.29, 1.82) is 0 Å². The summed E-state index contributed by atoms with van der Waals surface area (Å²) in [6, 6.07) is 23.5. The van der Waals surface area contributed by atoms with Crippen molar-refractivity contribution in [3.05, 3.63) is 94.5 Å². The first-order valence-electron chi connectivity index (χ1n) is 14.7. The van der Waals surface area contributed by atoms with Crippen molar-refractivity contribution in [2.45, 2.75) is 58.5 Å². The highest BCUT2D eigenvalue weighted by Crippen LogP contribution is 2.23. The number of hydrogen-bond donors (Lipinski definition) is 1. The van der Waals surface area contributed by atoms with Gasteiger partial charge in [0.2, 0.25) is 21.8 Å². The maximum Gasteiger partial charge on any atom is 0.243 e. The van der Waals surface area contributed by atoms with Crippen LogP contribution in [0.1, 0.15) is 50.7 Å². The molecule has 0 aliphatic carbocycles. The number of anilines is 1. The van der Waals surface area contributed by atoms with Crippen LogP contribution in [0.3, 0.4) is 0 Å². The summed E-state index contributed by atoms with van der Waals surface area (Å²) >= 11 is 3.46. The zero-order valence-electron chi connectivity index (χ0n) is 25.2. The molecule has 2 amide bonds. The average Bonchev–Trinajstić information content (AvgIpc) is 2.98. The summed E-state index contributed by atoms with van der Waals surface area (Å²) in [4.78, 5) is 29.1. The standard InChI is InChI=1S/C33H42BrN3O5S/c1-4-6-22-35-33(39)31(24-26-11-8-7-9-12-26)36(25-27-14-16-28(34)17-15-27)32(38)13-10-23-37(43(3,40)41)29-18-20-30(21-19-29)42-5-2/h7-9,11-12,14-21,31H,4-6,10,13,22-25H2,1-3H3,(H,35,39)/t31-/m1/s1. The number of nitrogens with one attached hydrogen (secondary N) is 1. The maximum atomic E-state index is 13.9. The van der Waals surface area contributed by atoms with Crippen LogP contribution < -0.4 is 14.4 Å². The van der Waals surface area contributed by atoms with Crippen LogP contribution in [-0.4, -0.2) is 57.1 Å². The fourth-order valence-corrected chi connectivity index (χ4v) is 5.96. The van der Waals surface area contributed by atoms with Crippen molar-refractivity contribution in [3.8, 4) is 5.75 Å². The number of hydrogen-bond acceptors (Lipinski definition) is 5. The van der Waals surface area contributed by atoms with Crippen LogP contribution in [0.25, 0.3) is 0 Å². The van der Waals surface area contributed by atoms with Gasteiger partial charge in [0, 0.05) is 36.9 Å². The Hall–Kier alpha value is -3.37. The Labute approximate surface area is 264 Å². The molecule has 0 aliphatic heterocycles. The monoisotopic (exact) mass is 671 g/mol. The average molecular weight is 673 g/mol. The quantitative estimate of drug-likeness (QED) is 0.179. The summed E-state index contributed by atoms with van der Waals surface area (Å²) in [5, 5.41) is 3.03. The largest absolute Gasteiger partial charge is 0.494 e. The van der Waals surface area contributed by atoms with E-state index in [4.69, 9.17) is 4.74 Å². The molecule has 0 fully saturated rings. The van der Waals surface area contributed by atoms with Gasteiger partial charge in [-0.05, 0) is 67.3 Å². The van der Waals surface area contributed by atoms with Gasteiger partial charge in [-0.25, -0.2) is 8.42 Å². The Balaban J connectivity index is 1.84. The first-order chi connectivity index (χ1) is 20.6. The third kappa shape index (κ3) is 11.0. The molecule has 0 unspecified atom stereocenters. The molecule has 232 valence electrons. The second-order valence-corrected chi connectivity index (χ2v) is 13.2. The minimum Gasteiger partial charge on any atom is -0.494 e. The van der Waals surface area contributed by atoms with Gasteiger partial charge in [-0.3, -0.25) is 13.9 Å². The Bertz CT molecular complexity index is 1400. The van der Waals surface area contributed by atoms with Gasteiger partial charge in [0.05, 0.1) is 18.6 Å². The van der Waals surface area contributed by atoms with Gasteiger partial charge >= 0.3 is 0 Å². The maximum absolute atomic E-state index is 13.9. The lowest BCUT2D eigenvalue weighted by Gasteiger charge is -2.32. The molecule has 0 heterocycles. The van der Waals surface area contributed by atoms with Crippen molar-refractivity contribution in [3.63, 3.8) is 0 Å².